The molecule has 25 heteroatoms. The van der Waals surface area contributed by atoms with E-state index in [0.717, 1.165) is 18.7 Å². The van der Waals surface area contributed by atoms with Crippen molar-refractivity contribution in [1.29, 1.82) is 0 Å². The SMILES string of the molecule is CCCn1cc(CN(Cc2cn(CCO)nn2)Cc2cn(CC(CO)(CO)Cn3cc(CN(Cc4cn(CCO)nn4)Cc4cn(CCO)nn4)nn3)nn2)nn1. The zero-order chi connectivity index (χ0) is 40.0. The highest BCUT2D eigenvalue weighted by Gasteiger charge is 2.32. The van der Waals surface area contributed by atoms with E-state index in [1.54, 1.807) is 54.4 Å². The molecule has 0 aliphatic rings. The fourth-order valence-electron chi connectivity index (χ4n) is 6.29. The maximum Gasteiger partial charge on any atom is 0.0967 e. The van der Waals surface area contributed by atoms with Gasteiger partial charge in [-0.1, -0.05) is 38.2 Å². The maximum atomic E-state index is 10.6. The van der Waals surface area contributed by atoms with Gasteiger partial charge in [0.2, 0.25) is 0 Å². The normalized spacial score (nSPS) is 12.2. The molecule has 0 aliphatic carbocycles. The van der Waals surface area contributed by atoms with E-state index in [2.05, 4.69) is 73.7 Å². The molecular weight excluding hydrogens is 744 g/mol. The Bertz CT molecular complexity index is 1830. The third-order valence-electron chi connectivity index (χ3n) is 8.94. The third kappa shape index (κ3) is 11.8. The van der Waals surface area contributed by atoms with Gasteiger partial charge in [-0.3, -0.25) is 23.8 Å². The summed E-state index contributed by atoms with van der Waals surface area (Å²) < 4.78 is 9.71. The van der Waals surface area contributed by atoms with Crippen molar-refractivity contribution in [3.8, 4) is 0 Å². The molecule has 0 saturated heterocycles. The van der Waals surface area contributed by atoms with Crippen LogP contribution in [0.15, 0.2) is 37.2 Å². The Hall–Kier alpha value is -5.44. The summed E-state index contributed by atoms with van der Waals surface area (Å²) in [4.78, 5) is 4.12. The Balaban J connectivity index is 1.12. The second kappa shape index (κ2) is 20.1. The van der Waals surface area contributed by atoms with Crippen LogP contribution >= 0.6 is 0 Å². The summed E-state index contributed by atoms with van der Waals surface area (Å²) >= 11 is 0. The number of aryl methyl sites for hydroxylation is 1. The number of aliphatic hydroxyl groups excluding tert-OH is 5. The minimum absolute atomic E-state index is 0.0478. The summed E-state index contributed by atoms with van der Waals surface area (Å²) in [6.07, 6.45) is 11.7. The first-order valence-corrected chi connectivity index (χ1v) is 18.6. The van der Waals surface area contributed by atoms with Crippen LogP contribution in [0.2, 0.25) is 0 Å². The highest BCUT2D eigenvalue weighted by molar-refractivity contribution is 5.02. The van der Waals surface area contributed by atoms with Crippen LogP contribution in [0, 0.1) is 5.41 Å². The smallest absolute Gasteiger partial charge is 0.0967 e. The molecule has 0 aliphatic heterocycles. The molecule has 0 saturated carbocycles. The van der Waals surface area contributed by atoms with Crippen molar-refractivity contribution in [3.63, 3.8) is 0 Å². The summed E-state index contributed by atoms with van der Waals surface area (Å²) in [5.41, 5.74) is 3.07. The van der Waals surface area contributed by atoms with Crippen molar-refractivity contribution in [1.82, 2.24) is 99.8 Å². The third-order valence-corrected chi connectivity index (χ3v) is 8.94. The molecule has 0 amide bonds. The van der Waals surface area contributed by atoms with Crippen LogP contribution in [-0.4, -0.2) is 158 Å². The van der Waals surface area contributed by atoms with Gasteiger partial charge in [-0.25, -0.2) is 14.0 Å². The molecular formula is C32H50N20O5. The minimum Gasteiger partial charge on any atom is -0.396 e. The summed E-state index contributed by atoms with van der Waals surface area (Å²) in [5.74, 6) is 0. The molecule has 0 unspecified atom stereocenters. The standard InChI is InChI=1S/C32H50N20O5/c1-2-3-47-16-26(33-39-47)10-45(11-27-17-48(4-7-53)40-34-27)14-30-20-51(43-37-30)22-32(24-56,25-57)23-52-21-31(38-44-52)15-46(12-28-18-49(5-8-54)41-35-28)13-29-19-50(6-9-55)42-36-29/h16-21,53-57H,2-15,22-25H2,1H3. The minimum atomic E-state index is -1.06. The van der Waals surface area contributed by atoms with Gasteiger partial charge in [-0.15, -0.1) is 30.6 Å². The molecule has 6 aromatic heterocycles. The van der Waals surface area contributed by atoms with Crippen LogP contribution in [0.4, 0.5) is 0 Å². The Kier molecular flexibility index (Phi) is 14.5. The molecule has 308 valence electrons. The molecule has 0 atom stereocenters. The Morgan fingerprint density at radius 2 is 0.684 bits per heavy atom. The van der Waals surface area contributed by atoms with Crippen LogP contribution in [0.1, 0.15) is 47.5 Å². The second-order valence-electron chi connectivity index (χ2n) is 14.0. The second-order valence-corrected chi connectivity index (χ2v) is 14.0. The topological polar surface area (TPSA) is 292 Å². The number of hydrogen-bond donors (Lipinski definition) is 5. The Morgan fingerprint density at radius 3 is 0.947 bits per heavy atom. The first-order valence-electron chi connectivity index (χ1n) is 18.6. The van der Waals surface area contributed by atoms with Crippen LogP contribution in [0.3, 0.4) is 0 Å². The van der Waals surface area contributed by atoms with Crippen LogP contribution < -0.4 is 0 Å². The van der Waals surface area contributed by atoms with E-state index in [1.807, 2.05) is 15.8 Å². The molecule has 6 aromatic rings. The quantitative estimate of drug-likeness (QED) is 0.0359. The van der Waals surface area contributed by atoms with E-state index in [0.29, 0.717) is 87.4 Å². The summed E-state index contributed by atoms with van der Waals surface area (Å²) in [7, 11) is 0. The van der Waals surface area contributed by atoms with Crippen molar-refractivity contribution in [3.05, 3.63) is 71.3 Å². The molecule has 0 fully saturated rings. The molecule has 0 spiro atoms. The van der Waals surface area contributed by atoms with Crippen molar-refractivity contribution >= 4 is 0 Å². The van der Waals surface area contributed by atoms with E-state index in [4.69, 9.17) is 0 Å². The zero-order valence-electron chi connectivity index (χ0n) is 31.9. The maximum absolute atomic E-state index is 10.6. The van der Waals surface area contributed by atoms with Crippen LogP contribution in [-0.2, 0) is 78.5 Å². The van der Waals surface area contributed by atoms with Gasteiger partial charge in [0.25, 0.3) is 0 Å². The number of aliphatic hydroxyl groups is 5. The first-order chi connectivity index (χ1) is 27.8. The van der Waals surface area contributed by atoms with Crippen molar-refractivity contribution in [2.75, 3.05) is 33.0 Å². The fraction of sp³-hybridized carbons (Fsp3) is 0.625. The average Bonchev–Trinajstić information content (AvgIpc) is 4.06. The first kappa shape index (κ1) is 41.2. The van der Waals surface area contributed by atoms with E-state index >= 15 is 0 Å². The number of aromatic nitrogens is 18. The van der Waals surface area contributed by atoms with Gasteiger partial charge in [0.15, 0.2) is 0 Å². The van der Waals surface area contributed by atoms with Crippen molar-refractivity contribution < 1.29 is 25.5 Å². The molecule has 25 nitrogen and oxygen atoms in total. The van der Waals surface area contributed by atoms with Crippen molar-refractivity contribution in [2.45, 2.75) is 91.9 Å². The van der Waals surface area contributed by atoms with E-state index in [1.165, 1.54) is 0 Å². The van der Waals surface area contributed by atoms with Gasteiger partial charge in [0.1, 0.15) is 0 Å². The zero-order valence-corrected chi connectivity index (χ0v) is 31.9. The Morgan fingerprint density at radius 1 is 0.421 bits per heavy atom. The lowest BCUT2D eigenvalue weighted by Gasteiger charge is -2.29. The van der Waals surface area contributed by atoms with Crippen LogP contribution in [0.25, 0.3) is 0 Å². The number of hydrogen-bond acceptors (Lipinski definition) is 19. The van der Waals surface area contributed by atoms with Gasteiger partial charge in [-0.2, -0.15) is 0 Å². The predicted octanol–water partition coefficient (Wildman–Crippen LogP) is -3.30. The van der Waals surface area contributed by atoms with Crippen LogP contribution in [0.5, 0.6) is 0 Å². The molecule has 0 aromatic carbocycles. The Labute approximate surface area is 326 Å². The average molecular weight is 795 g/mol. The molecule has 6 heterocycles. The van der Waals surface area contributed by atoms with E-state index in [-0.39, 0.29) is 46.1 Å². The van der Waals surface area contributed by atoms with Crippen molar-refractivity contribution in [2.24, 2.45) is 5.41 Å². The molecule has 0 radical (unpaired) electrons. The monoisotopic (exact) mass is 794 g/mol. The highest BCUT2D eigenvalue weighted by atomic mass is 16.3. The molecule has 0 bridgehead atoms. The molecule has 5 N–H and O–H groups in total. The largest absolute Gasteiger partial charge is 0.396 e. The number of nitrogens with zero attached hydrogens (tertiary/aromatic N) is 20. The fourth-order valence-corrected chi connectivity index (χ4v) is 6.29. The molecule has 6 rings (SSSR count). The summed E-state index contributed by atoms with van der Waals surface area (Å²) in [5, 5.41) is 100. The lowest BCUT2D eigenvalue weighted by atomic mass is 9.90. The lowest BCUT2D eigenvalue weighted by molar-refractivity contribution is 0.0186. The van der Waals surface area contributed by atoms with E-state index < -0.39 is 5.41 Å². The van der Waals surface area contributed by atoms with Gasteiger partial charge in [-0.05, 0) is 6.42 Å². The predicted molar refractivity (Wildman–Crippen MR) is 194 cm³/mol. The summed E-state index contributed by atoms with van der Waals surface area (Å²) in [6, 6.07) is 0. The van der Waals surface area contributed by atoms with Gasteiger partial charge >= 0.3 is 0 Å². The van der Waals surface area contributed by atoms with E-state index in [9.17, 15) is 25.5 Å². The molecule has 57 heavy (non-hydrogen) atoms. The van der Waals surface area contributed by atoms with Gasteiger partial charge in [0, 0.05) is 83.0 Å². The highest BCUT2D eigenvalue weighted by Crippen LogP contribution is 2.22. The van der Waals surface area contributed by atoms with Gasteiger partial charge < -0.3 is 25.5 Å². The van der Waals surface area contributed by atoms with Gasteiger partial charge in [0.05, 0.1) is 105 Å². The summed E-state index contributed by atoms with van der Waals surface area (Å²) in [6.45, 7) is 5.59. The lowest BCUT2D eigenvalue weighted by Crippen LogP contribution is -2.39. The number of rotatable bonds is 26.